The summed E-state index contributed by atoms with van der Waals surface area (Å²) in [5, 5.41) is 8.94. The Balaban J connectivity index is 1.78. The lowest BCUT2D eigenvalue weighted by molar-refractivity contribution is 0.203. The number of hydrogen-bond acceptors (Lipinski definition) is 7. The van der Waals surface area contributed by atoms with Gasteiger partial charge in [-0.2, -0.15) is 15.1 Å². The second-order valence-electron chi connectivity index (χ2n) is 6.11. The van der Waals surface area contributed by atoms with Gasteiger partial charge in [0, 0.05) is 5.02 Å². The first kappa shape index (κ1) is 17.4. The number of nitrogens with two attached hydrogens (primary N) is 2. The van der Waals surface area contributed by atoms with E-state index in [4.69, 9.17) is 27.8 Å². The van der Waals surface area contributed by atoms with Crippen LogP contribution in [0.25, 0.3) is 0 Å². The van der Waals surface area contributed by atoms with Gasteiger partial charge >= 0.3 is 0 Å². The van der Waals surface area contributed by atoms with Crippen LogP contribution in [0.3, 0.4) is 0 Å². The van der Waals surface area contributed by atoms with E-state index < -0.39 is 0 Å². The van der Waals surface area contributed by atoms with Crippen molar-refractivity contribution in [3.8, 4) is 5.88 Å². The van der Waals surface area contributed by atoms with Crippen LogP contribution in [-0.2, 0) is 0 Å². The van der Waals surface area contributed by atoms with E-state index in [1.54, 1.807) is 24.3 Å². The number of hydrogen-bond donors (Lipinski definition) is 2. The Morgan fingerprint density at radius 2 is 1.76 bits per heavy atom. The van der Waals surface area contributed by atoms with Crippen molar-refractivity contribution in [3.05, 3.63) is 29.3 Å². The van der Waals surface area contributed by atoms with Gasteiger partial charge in [-0.05, 0) is 43.0 Å². The topological polar surface area (TPSA) is 112 Å². The zero-order valence-corrected chi connectivity index (χ0v) is 14.6. The summed E-state index contributed by atoms with van der Waals surface area (Å²) >= 11 is 5.87. The van der Waals surface area contributed by atoms with Gasteiger partial charge in [-0.25, -0.2) is 0 Å². The van der Waals surface area contributed by atoms with Gasteiger partial charge in [0.1, 0.15) is 0 Å². The smallest absolute Gasteiger partial charge is 0.249 e. The van der Waals surface area contributed by atoms with Crippen molar-refractivity contribution >= 4 is 34.7 Å². The summed E-state index contributed by atoms with van der Waals surface area (Å²) in [6, 6.07) is 6.98. The third kappa shape index (κ3) is 4.79. The first-order valence-corrected chi connectivity index (χ1v) is 8.72. The fourth-order valence-corrected chi connectivity index (χ4v) is 2.95. The van der Waals surface area contributed by atoms with E-state index in [1.807, 2.05) is 0 Å². The van der Waals surface area contributed by atoms with Crippen LogP contribution in [0.2, 0.25) is 5.02 Å². The summed E-state index contributed by atoms with van der Waals surface area (Å²) in [6.45, 7) is 0.569. The Bertz CT molecular complexity index is 744. The predicted octanol–water partition coefficient (Wildman–Crippen LogP) is 4.67. The van der Waals surface area contributed by atoms with E-state index in [9.17, 15) is 0 Å². The minimum atomic E-state index is 0.0570. The van der Waals surface area contributed by atoms with E-state index in [2.05, 4.69) is 20.2 Å². The highest BCUT2D eigenvalue weighted by atomic mass is 35.5. The molecule has 3 rings (SSSR count). The molecule has 0 aliphatic heterocycles. The minimum absolute atomic E-state index is 0.0570. The van der Waals surface area contributed by atoms with Crippen molar-refractivity contribution in [1.82, 2.24) is 9.97 Å². The van der Waals surface area contributed by atoms with Crippen LogP contribution in [0, 0.1) is 5.92 Å². The molecular weight excluding hydrogens is 340 g/mol. The maximum absolute atomic E-state index is 5.93. The lowest BCUT2D eigenvalue weighted by Crippen LogP contribution is -2.16. The molecule has 1 aliphatic rings. The van der Waals surface area contributed by atoms with Crippen LogP contribution in [0.5, 0.6) is 5.88 Å². The molecule has 0 atom stereocenters. The Hall–Kier alpha value is -2.41. The lowest BCUT2D eigenvalue weighted by atomic mass is 9.90. The van der Waals surface area contributed by atoms with E-state index >= 15 is 0 Å². The molecule has 0 spiro atoms. The van der Waals surface area contributed by atoms with Crippen LogP contribution < -0.4 is 16.2 Å². The molecule has 7 nitrogen and oxygen atoms in total. The number of nitrogen functional groups attached to an aromatic ring is 2. The second kappa shape index (κ2) is 8.11. The van der Waals surface area contributed by atoms with Gasteiger partial charge in [0.2, 0.25) is 11.8 Å². The summed E-state index contributed by atoms with van der Waals surface area (Å²) in [5.41, 5.74) is 12.6. The van der Waals surface area contributed by atoms with Crippen molar-refractivity contribution in [3.63, 3.8) is 0 Å². The monoisotopic (exact) mass is 360 g/mol. The highest BCUT2D eigenvalue weighted by molar-refractivity contribution is 6.30. The number of rotatable bonds is 5. The number of benzene rings is 1. The highest BCUT2D eigenvalue weighted by Gasteiger charge is 2.18. The second-order valence-corrected chi connectivity index (χ2v) is 6.55. The Labute approximate surface area is 151 Å². The molecule has 132 valence electrons. The summed E-state index contributed by atoms with van der Waals surface area (Å²) in [5.74, 6) is 0.992. The summed E-state index contributed by atoms with van der Waals surface area (Å²) < 4.78 is 5.86. The van der Waals surface area contributed by atoms with Crippen molar-refractivity contribution < 1.29 is 4.74 Å². The molecule has 0 radical (unpaired) electrons. The van der Waals surface area contributed by atoms with Gasteiger partial charge in [0.25, 0.3) is 0 Å². The standard InChI is InChI=1S/C17H21ClN6O/c18-12-6-8-13(9-7-12)23-24-14-15(19)21-17(20)22-16(14)25-10-11-4-2-1-3-5-11/h6-9,11H,1-5,10H2,(H4,19,20,21,22). The maximum atomic E-state index is 5.93. The zero-order chi connectivity index (χ0) is 17.6. The molecule has 1 aromatic carbocycles. The highest BCUT2D eigenvalue weighted by Crippen LogP contribution is 2.34. The van der Waals surface area contributed by atoms with Gasteiger partial charge in [-0.3, -0.25) is 0 Å². The molecule has 0 saturated heterocycles. The normalized spacial score (nSPS) is 15.6. The number of halogens is 1. The number of aromatic nitrogens is 2. The lowest BCUT2D eigenvalue weighted by Gasteiger charge is -2.21. The fourth-order valence-electron chi connectivity index (χ4n) is 2.83. The quantitative estimate of drug-likeness (QED) is 0.752. The minimum Gasteiger partial charge on any atom is -0.476 e. The molecule has 1 heterocycles. The number of anilines is 2. The average Bonchev–Trinajstić information content (AvgIpc) is 2.61. The SMILES string of the molecule is Nc1nc(N)c(N=Nc2ccc(Cl)cc2)c(OCC2CCCCC2)n1. The van der Waals surface area contributed by atoms with Crippen LogP contribution in [0.15, 0.2) is 34.5 Å². The van der Waals surface area contributed by atoms with E-state index in [0.29, 0.717) is 28.9 Å². The van der Waals surface area contributed by atoms with Crippen molar-refractivity contribution in [2.75, 3.05) is 18.1 Å². The summed E-state index contributed by atoms with van der Waals surface area (Å²) in [4.78, 5) is 8.08. The molecule has 0 unspecified atom stereocenters. The zero-order valence-electron chi connectivity index (χ0n) is 13.9. The molecule has 1 fully saturated rings. The van der Waals surface area contributed by atoms with Crippen molar-refractivity contribution in [2.24, 2.45) is 16.1 Å². The van der Waals surface area contributed by atoms with Crippen LogP contribution >= 0.6 is 11.6 Å². The fraction of sp³-hybridized carbons (Fsp3) is 0.412. The molecule has 1 saturated carbocycles. The van der Waals surface area contributed by atoms with Crippen LogP contribution in [0.1, 0.15) is 32.1 Å². The Morgan fingerprint density at radius 3 is 2.48 bits per heavy atom. The molecular formula is C17H21ClN6O. The van der Waals surface area contributed by atoms with E-state index in [0.717, 1.165) is 12.8 Å². The maximum Gasteiger partial charge on any atom is 0.249 e. The molecule has 0 amide bonds. The Kier molecular flexibility index (Phi) is 5.65. The molecule has 25 heavy (non-hydrogen) atoms. The molecule has 1 aliphatic carbocycles. The first-order chi connectivity index (χ1) is 12.1. The van der Waals surface area contributed by atoms with Crippen LogP contribution in [-0.4, -0.2) is 16.6 Å². The van der Waals surface area contributed by atoms with Crippen LogP contribution in [0.4, 0.5) is 23.1 Å². The van der Waals surface area contributed by atoms with Gasteiger partial charge in [-0.1, -0.05) is 30.9 Å². The van der Waals surface area contributed by atoms with E-state index in [-0.39, 0.29) is 17.6 Å². The Morgan fingerprint density at radius 1 is 1.04 bits per heavy atom. The molecule has 0 bridgehead atoms. The van der Waals surface area contributed by atoms with E-state index in [1.165, 1.54) is 19.3 Å². The van der Waals surface area contributed by atoms with Crippen molar-refractivity contribution in [2.45, 2.75) is 32.1 Å². The molecule has 2 aromatic rings. The number of azo groups is 1. The average molecular weight is 361 g/mol. The van der Waals surface area contributed by atoms with Gasteiger partial charge in [0.15, 0.2) is 11.5 Å². The molecule has 1 aromatic heterocycles. The third-order valence-electron chi connectivity index (χ3n) is 4.17. The van der Waals surface area contributed by atoms with Gasteiger partial charge in [-0.15, -0.1) is 5.11 Å². The predicted molar refractivity (Wildman–Crippen MR) is 98.6 cm³/mol. The summed E-state index contributed by atoms with van der Waals surface area (Å²) in [6.07, 6.45) is 6.11. The summed E-state index contributed by atoms with van der Waals surface area (Å²) in [7, 11) is 0. The van der Waals surface area contributed by atoms with Crippen molar-refractivity contribution in [1.29, 1.82) is 0 Å². The largest absolute Gasteiger partial charge is 0.476 e. The molecule has 4 N–H and O–H groups in total. The first-order valence-electron chi connectivity index (χ1n) is 8.35. The number of nitrogens with zero attached hydrogens (tertiary/aromatic N) is 4. The third-order valence-corrected chi connectivity index (χ3v) is 4.42. The number of ether oxygens (including phenoxy) is 1. The van der Waals surface area contributed by atoms with Gasteiger partial charge in [0.05, 0.1) is 12.3 Å². The van der Waals surface area contributed by atoms with Gasteiger partial charge < -0.3 is 16.2 Å². The molecule has 8 heteroatoms.